The number of hydrogen-bond donors (Lipinski definition) is 1. The Morgan fingerprint density at radius 1 is 1.06 bits per heavy atom. The molecule has 0 spiro atoms. The van der Waals surface area contributed by atoms with E-state index < -0.39 is 0 Å². The van der Waals surface area contributed by atoms with Crippen LogP contribution in [0, 0.1) is 5.92 Å². The van der Waals surface area contributed by atoms with E-state index in [4.69, 9.17) is 0 Å². The Balaban J connectivity index is 1.60. The molecule has 3 rings (SSSR count). The van der Waals surface area contributed by atoms with E-state index in [1.54, 1.807) is 0 Å². The highest BCUT2D eigenvalue weighted by molar-refractivity contribution is 5.77. The number of carbonyl (C=O) groups excluding carboxylic acids is 1. The van der Waals surface area contributed by atoms with E-state index in [0.29, 0.717) is 23.9 Å². The van der Waals surface area contributed by atoms with Crippen LogP contribution in [0.3, 0.4) is 0 Å². The van der Waals surface area contributed by atoms with E-state index in [1.165, 1.54) is 51.4 Å². The van der Waals surface area contributed by atoms with Crippen molar-refractivity contribution in [3.8, 4) is 0 Å². The molecule has 3 aliphatic rings. The number of amides is 1. The summed E-state index contributed by atoms with van der Waals surface area (Å²) in [6.45, 7) is 2.15. The topological polar surface area (TPSA) is 32.3 Å². The summed E-state index contributed by atoms with van der Waals surface area (Å²) in [7, 11) is 0. The number of rotatable bonds is 3. The quantitative estimate of drug-likeness (QED) is 0.833. The van der Waals surface area contributed by atoms with Gasteiger partial charge >= 0.3 is 0 Å². The molecule has 0 aromatic rings. The Hall–Kier alpha value is -0.570. The van der Waals surface area contributed by atoms with Crippen LogP contribution >= 0.6 is 0 Å². The maximum atomic E-state index is 12.5. The molecule has 1 saturated carbocycles. The lowest BCUT2D eigenvalue weighted by atomic mass is 9.82. The van der Waals surface area contributed by atoms with E-state index in [2.05, 4.69) is 10.2 Å². The number of piperidine rings is 1. The van der Waals surface area contributed by atoms with E-state index in [-0.39, 0.29) is 0 Å². The third kappa shape index (κ3) is 2.56. The lowest BCUT2D eigenvalue weighted by molar-refractivity contribution is -0.137. The predicted octanol–water partition coefficient (Wildman–Crippen LogP) is 2.31. The fraction of sp³-hybridized carbons (Fsp3) is 0.933. The Morgan fingerprint density at radius 3 is 2.61 bits per heavy atom. The molecule has 1 aliphatic carbocycles. The first-order valence-corrected chi connectivity index (χ1v) is 7.87. The highest BCUT2D eigenvalue weighted by atomic mass is 16.2. The minimum Gasteiger partial charge on any atom is -0.338 e. The van der Waals surface area contributed by atoms with Crippen molar-refractivity contribution in [1.29, 1.82) is 0 Å². The van der Waals surface area contributed by atoms with Crippen LogP contribution in [0.2, 0.25) is 0 Å². The third-order valence-corrected chi connectivity index (χ3v) is 5.12. The highest BCUT2D eigenvalue weighted by Crippen LogP contribution is 2.32. The van der Waals surface area contributed by atoms with Gasteiger partial charge in [0, 0.05) is 25.0 Å². The van der Waals surface area contributed by atoms with Gasteiger partial charge in [-0.2, -0.15) is 0 Å². The first-order chi connectivity index (χ1) is 8.84. The molecular weight excluding hydrogens is 224 g/mol. The first kappa shape index (κ1) is 12.5. The van der Waals surface area contributed by atoms with Gasteiger partial charge in [0.15, 0.2) is 0 Å². The van der Waals surface area contributed by atoms with Crippen molar-refractivity contribution in [1.82, 2.24) is 10.2 Å². The minimum absolute atomic E-state index is 0.443. The van der Waals surface area contributed by atoms with Crippen LogP contribution in [0.1, 0.15) is 57.8 Å². The van der Waals surface area contributed by atoms with Gasteiger partial charge in [0.05, 0.1) is 0 Å². The Kier molecular flexibility index (Phi) is 3.88. The molecule has 2 heterocycles. The van der Waals surface area contributed by atoms with Gasteiger partial charge in [0.25, 0.3) is 0 Å². The van der Waals surface area contributed by atoms with Crippen LogP contribution in [0.25, 0.3) is 0 Å². The molecule has 3 fully saturated rings. The molecule has 2 atom stereocenters. The zero-order valence-corrected chi connectivity index (χ0v) is 11.4. The van der Waals surface area contributed by atoms with Gasteiger partial charge in [-0.25, -0.2) is 0 Å². The van der Waals surface area contributed by atoms with Crippen LogP contribution in [-0.4, -0.2) is 36.0 Å². The standard InChI is InChI=1S/C15H26N2O/c18-15(11-12-5-3-6-12)17-10-2-1-8-14(17)13-7-4-9-16-13/h12-14,16H,1-11H2. The van der Waals surface area contributed by atoms with Crippen molar-refractivity contribution < 1.29 is 4.79 Å². The number of carbonyl (C=O) groups is 1. The summed E-state index contributed by atoms with van der Waals surface area (Å²) < 4.78 is 0. The normalized spacial score (nSPS) is 33.4. The fourth-order valence-electron chi connectivity index (χ4n) is 3.79. The van der Waals surface area contributed by atoms with Gasteiger partial charge in [-0.1, -0.05) is 6.42 Å². The van der Waals surface area contributed by atoms with E-state index >= 15 is 0 Å². The molecule has 3 nitrogen and oxygen atoms in total. The number of nitrogens with zero attached hydrogens (tertiary/aromatic N) is 1. The molecule has 18 heavy (non-hydrogen) atoms. The van der Waals surface area contributed by atoms with E-state index in [0.717, 1.165) is 19.5 Å². The lowest BCUT2D eigenvalue weighted by Crippen LogP contribution is -2.53. The number of hydrogen-bond acceptors (Lipinski definition) is 2. The van der Waals surface area contributed by atoms with Crippen LogP contribution < -0.4 is 5.32 Å². The molecule has 0 aromatic heterocycles. The average Bonchev–Trinajstić information content (AvgIpc) is 2.87. The zero-order chi connectivity index (χ0) is 12.4. The van der Waals surface area contributed by atoms with Crippen molar-refractivity contribution in [3.63, 3.8) is 0 Å². The highest BCUT2D eigenvalue weighted by Gasteiger charge is 2.35. The SMILES string of the molecule is O=C(CC1CCC1)N1CCCCC1C1CCCN1. The lowest BCUT2D eigenvalue weighted by Gasteiger charge is -2.40. The van der Waals surface area contributed by atoms with Gasteiger partial charge in [0.1, 0.15) is 0 Å². The summed E-state index contributed by atoms with van der Waals surface area (Å²) in [5.41, 5.74) is 0. The predicted molar refractivity (Wildman–Crippen MR) is 72.3 cm³/mol. The summed E-state index contributed by atoms with van der Waals surface area (Å²) in [4.78, 5) is 14.7. The molecule has 0 radical (unpaired) electrons. The van der Waals surface area contributed by atoms with Crippen LogP contribution in [0.5, 0.6) is 0 Å². The Morgan fingerprint density at radius 2 is 1.94 bits per heavy atom. The maximum absolute atomic E-state index is 12.5. The van der Waals surface area contributed by atoms with Gasteiger partial charge in [-0.3, -0.25) is 4.79 Å². The van der Waals surface area contributed by atoms with Crippen LogP contribution in [0.4, 0.5) is 0 Å². The number of likely N-dealkylation sites (tertiary alicyclic amines) is 1. The average molecular weight is 250 g/mol. The van der Waals surface area contributed by atoms with Gasteiger partial charge < -0.3 is 10.2 Å². The summed E-state index contributed by atoms with van der Waals surface area (Å²) in [5, 5.41) is 3.60. The second-order valence-corrected chi connectivity index (χ2v) is 6.35. The monoisotopic (exact) mass is 250 g/mol. The van der Waals surface area contributed by atoms with Crippen LogP contribution in [0.15, 0.2) is 0 Å². The van der Waals surface area contributed by atoms with Gasteiger partial charge in [-0.15, -0.1) is 0 Å². The molecule has 0 bridgehead atoms. The molecular formula is C15H26N2O. The molecule has 3 heteroatoms. The van der Waals surface area contributed by atoms with Crippen molar-refractivity contribution in [3.05, 3.63) is 0 Å². The second kappa shape index (κ2) is 5.60. The van der Waals surface area contributed by atoms with Crippen LogP contribution in [-0.2, 0) is 4.79 Å². The fourth-order valence-corrected chi connectivity index (χ4v) is 3.79. The Bertz CT molecular complexity index is 295. The van der Waals surface area contributed by atoms with Gasteiger partial charge in [0.2, 0.25) is 5.91 Å². The largest absolute Gasteiger partial charge is 0.338 e. The second-order valence-electron chi connectivity index (χ2n) is 6.35. The maximum Gasteiger partial charge on any atom is 0.223 e. The van der Waals surface area contributed by atoms with Crippen molar-refractivity contribution in [2.75, 3.05) is 13.1 Å². The van der Waals surface area contributed by atoms with Crippen molar-refractivity contribution in [2.24, 2.45) is 5.92 Å². The van der Waals surface area contributed by atoms with Crippen molar-refractivity contribution in [2.45, 2.75) is 69.9 Å². The molecule has 1 N–H and O–H groups in total. The molecule has 1 amide bonds. The molecule has 0 aromatic carbocycles. The molecule has 2 unspecified atom stereocenters. The zero-order valence-electron chi connectivity index (χ0n) is 11.4. The van der Waals surface area contributed by atoms with E-state index in [1.807, 2.05) is 0 Å². The molecule has 2 aliphatic heterocycles. The first-order valence-electron chi connectivity index (χ1n) is 7.87. The molecule has 2 saturated heterocycles. The summed E-state index contributed by atoms with van der Waals surface area (Å²) in [5.74, 6) is 1.15. The smallest absolute Gasteiger partial charge is 0.223 e. The molecule has 102 valence electrons. The summed E-state index contributed by atoms with van der Waals surface area (Å²) in [6.07, 6.45) is 11.0. The Labute approximate surface area is 110 Å². The van der Waals surface area contributed by atoms with Gasteiger partial charge in [-0.05, 0) is 57.4 Å². The third-order valence-electron chi connectivity index (χ3n) is 5.12. The van der Waals surface area contributed by atoms with Crippen molar-refractivity contribution >= 4 is 5.91 Å². The summed E-state index contributed by atoms with van der Waals surface area (Å²) in [6, 6.07) is 1.07. The minimum atomic E-state index is 0.443. The number of nitrogens with one attached hydrogen (secondary N) is 1. The summed E-state index contributed by atoms with van der Waals surface area (Å²) >= 11 is 0. The van der Waals surface area contributed by atoms with E-state index in [9.17, 15) is 4.79 Å².